The number of nitrogens with zero attached hydrogens (tertiary/aromatic N) is 2. The van der Waals surface area contributed by atoms with Crippen LogP contribution in [0.5, 0.6) is 0 Å². The molecule has 1 aliphatic carbocycles. The van der Waals surface area contributed by atoms with Gasteiger partial charge in [0, 0.05) is 24.1 Å². The zero-order valence-electron chi connectivity index (χ0n) is 13.5. The summed E-state index contributed by atoms with van der Waals surface area (Å²) in [5, 5.41) is 7.24. The van der Waals surface area contributed by atoms with Gasteiger partial charge in [0.15, 0.2) is 0 Å². The third-order valence-electron chi connectivity index (χ3n) is 3.98. The Morgan fingerprint density at radius 2 is 1.91 bits per heavy atom. The highest BCUT2D eigenvalue weighted by atomic mass is 16.1. The van der Waals surface area contributed by atoms with Gasteiger partial charge in [-0.05, 0) is 44.9 Å². The predicted molar refractivity (Wildman–Crippen MR) is 88.7 cm³/mol. The van der Waals surface area contributed by atoms with Crippen molar-refractivity contribution in [2.45, 2.75) is 39.2 Å². The van der Waals surface area contributed by atoms with E-state index in [1.54, 1.807) is 6.07 Å². The van der Waals surface area contributed by atoms with Gasteiger partial charge in [-0.3, -0.25) is 9.59 Å². The Labute approximate surface area is 135 Å². The lowest BCUT2D eigenvalue weighted by atomic mass is 10.1. The fourth-order valence-electron chi connectivity index (χ4n) is 2.70. The molecule has 5 nitrogen and oxygen atoms in total. The number of rotatable bonds is 5. The predicted octanol–water partition coefficient (Wildman–Crippen LogP) is 2.17. The molecule has 1 amide bonds. The third-order valence-corrected chi connectivity index (χ3v) is 3.98. The SMILES string of the molecule is Cc1cc(C)cc(C(=O)NCCn2nc(C3CC3)ccc2=O)c1. The summed E-state index contributed by atoms with van der Waals surface area (Å²) in [5.74, 6) is 0.384. The molecular formula is C18H21N3O2. The van der Waals surface area contributed by atoms with E-state index in [2.05, 4.69) is 10.4 Å². The summed E-state index contributed by atoms with van der Waals surface area (Å²) in [6.07, 6.45) is 2.29. The number of hydrogen-bond donors (Lipinski definition) is 1. The van der Waals surface area contributed by atoms with Gasteiger partial charge in [-0.15, -0.1) is 0 Å². The van der Waals surface area contributed by atoms with Gasteiger partial charge in [0.05, 0.1) is 12.2 Å². The second-order valence-electron chi connectivity index (χ2n) is 6.23. The van der Waals surface area contributed by atoms with E-state index < -0.39 is 0 Å². The van der Waals surface area contributed by atoms with Crippen molar-refractivity contribution in [2.75, 3.05) is 6.54 Å². The van der Waals surface area contributed by atoms with E-state index in [9.17, 15) is 9.59 Å². The first kappa shape index (κ1) is 15.5. The smallest absolute Gasteiger partial charge is 0.266 e. The van der Waals surface area contributed by atoms with E-state index in [0.29, 0.717) is 24.6 Å². The molecule has 0 unspecified atom stereocenters. The maximum atomic E-state index is 12.2. The summed E-state index contributed by atoms with van der Waals surface area (Å²) in [6.45, 7) is 4.70. The molecular weight excluding hydrogens is 290 g/mol. The summed E-state index contributed by atoms with van der Waals surface area (Å²) in [4.78, 5) is 24.0. The molecule has 1 heterocycles. The molecule has 5 heteroatoms. The molecule has 23 heavy (non-hydrogen) atoms. The average Bonchev–Trinajstić information content (AvgIpc) is 3.32. The van der Waals surface area contributed by atoms with Crippen molar-refractivity contribution in [2.24, 2.45) is 0 Å². The van der Waals surface area contributed by atoms with Crippen LogP contribution < -0.4 is 10.9 Å². The first-order valence-electron chi connectivity index (χ1n) is 7.97. The highest BCUT2D eigenvalue weighted by Gasteiger charge is 2.25. The van der Waals surface area contributed by atoms with E-state index >= 15 is 0 Å². The topological polar surface area (TPSA) is 64.0 Å². The van der Waals surface area contributed by atoms with Gasteiger partial charge in [-0.25, -0.2) is 4.68 Å². The van der Waals surface area contributed by atoms with Crippen molar-refractivity contribution >= 4 is 5.91 Å². The van der Waals surface area contributed by atoms with Gasteiger partial charge in [0.2, 0.25) is 0 Å². The number of aromatic nitrogens is 2. The molecule has 0 spiro atoms. The van der Waals surface area contributed by atoms with Crippen molar-refractivity contribution in [3.63, 3.8) is 0 Å². The van der Waals surface area contributed by atoms with E-state index in [1.165, 1.54) is 4.68 Å². The van der Waals surface area contributed by atoms with Crippen molar-refractivity contribution < 1.29 is 4.79 Å². The second kappa shape index (κ2) is 6.36. The second-order valence-corrected chi connectivity index (χ2v) is 6.23. The maximum absolute atomic E-state index is 12.2. The van der Waals surface area contributed by atoms with Crippen LogP contribution in [0.1, 0.15) is 45.9 Å². The standard InChI is InChI=1S/C18H21N3O2/c1-12-9-13(2)11-15(10-12)18(23)19-7-8-21-17(22)6-5-16(20-21)14-3-4-14/h5-6,9-11,14H,3-4,7-8H2,1-2H3,(H,19,23). The van der Waals surface area contributed by atoms with Crippen LogP contribution >= 0.6 is 0 Å². The zero-order chi connectivity index (χ0) is 16.4. The minimum atomic E-state index is -0.130. The van der Waals surface area contributed by atoms with E-state index in [0.717, 1.165) is 29.7 Å². The summed E-state index contributed by atoms with van der Waals surface area (Å²) >= 11 is 0. The molecule has 1 aromatic heterocycles. The quantitative estimate of drug-likeness (QED) is 0.920. The number of carbonyl (C=O) groups is 1. The fourth-order valence-corrected chi connectivity index (χ4v) is 2.70. The Hall–Kier alpha value is -2.43. The van der Waals surface area contributed by atoms with Crippen LogP contribution in [0.2, 0.25) is 0 Å². The number of carbonyl (C=O) groups excluding carboxylic acids is 1. The van der Waals surface area contributed by atoms with Gasteiger partial charge in [0.25, 0.3) is 11.5 Å². The van der Waals surface area contributed by atoms with Crippen molar-refractivity contribution in [3.05, 3.63) is 63.1 Å². The number of benzene rings is 1. The monoisotopic (exact) mass is 311 g/mol. The molecule has 0 bridgehead atoms. The van der Waals surface area contributed by atoms with Crippen LogP contribution in [-0.2, 0) is 6.54 Å². The molecule has 2 aromatic rings. The summed E-state index contributed by atoms with van der Waals surface area (Å²) < 4.78 is 1.44. The van der Waals surface area contributed by atoms with Crippen molar-refractivity contribution in [3.8, 4) is 0 Å². The van der Waals surface area contributed by atoms with Crippen molar-refractivity contribution in [1.82, 2.24) is 15.1 Å². The normalized spacial score (nSPS) is 13.8. The Balaban J connectivity index is 1.61. The third kappa shape index (κ3) is 3.86. The molecule has 1 aromatic carbocycles. The van der Waals surface area contributed by atoms with Gasteiger partial charge in [-0.1, -0.05) is 17.2 Å². The Morgan fingerprint density at radius 3 is 2.57 bits per heavy atom. The largest absolute Gasteiger partial charge is 0.350 e. The number of hydrogen-bond acceptors (Lipinski definition) is 3. The van der Waals surface area contributed by atoms with Gasteiger partial charge < -0.3 is 5.32 Å². The first-order chi connectivity index (χ1) is 11.0. The van der Waals surface area contributed by atoms with Crippen LogP contribution in [0.15, 0.2) is 35.1 Å². The van der Waals surface area contributed by atoms with Gasteiger partial charge >= 0.3 is 0 Å². The molecule has 0 radical (unpaired) electrons. The van der Waals surface area contributed by atoms with Crippen LogP contribution in [0.3, 0.4) is 0 Å². The van der Waals surface area contributed by atoms with Crippen LogP contribution in [0, 0.1) is 13.8 Å². The Bertz CT molecular complexity index is 771. The Kier molecular flexibility index (Phi) is 4.28. The number of aryl methyl sites for hydroxylation is 2. The Morgan fingerprint density at radius 1 is 1.22 bits per heavy atom. The summed E-state index contributed by atoms with van der Waals surface area (Å²) in [7, 11) is 0. The van der Waals surface area contributed by atoms with E-state index in [-0.39, 0.29) is 11.5 Å². The highest BCUT2D eigenvalue weighted by molar-refractivity contribution is 5.94. The lowest BCUT2D eigenvalue weighted by Crippen LogP contribution is -2.32. The van der Waals surface area contributed by atoms with Crippen molar-refractivity contribution in [1.29, 1.82) is 0 Å². The molecule has 0 saturated heterocycles. The highest BCUT2D eigenvalue weighted by Crippen LogP contribution is 2.38. The first-order valence-corrected chi connectivity index (χ1v) is 7.97. The molecule has 1 N–H and O–H groups in total. The molecule has 120 valence electrons. The zero-order valence-corrected chi connectivity index (χ0v) is 13.5. The minimum absolute atomic E-state index is 0.122. The lowest BCUT2D eigenvalue weighted by molar-refractivity contribution is 0.0951. The molecule has 3 rings (SSSR count). The van der Waals surface area contributed by atoms with Crippen LogP contribution in [0.4, 0.5) is 0 Å². The summed E-state index contributed by atoms with van der Waals surface area (Å²) in [5.41, 5.74) is 3.62. The molecule has 0 atom stereocenters. The van der Waals surface area contributed by atoms with E-state index in [1.807, 2.05) is 38.1 Å². The van der Waals surface area contributed by atoms with E-state index in [4.69, 9.17) is 0 Å². The molecule has 1 fully saturated rings. The average molecular weight is 311 g/mol. The van der Waals surface area contributed by atoms with Crippen LogP contribution in [-0.4, -0.2) is 22.2 Å². The minimum Gasteiger partial charge on any atom is -0.350 e. The molecule has 0 aliphatic heterocycles. The van der Waals surface area contributed by atoms with Crippen LogP contribution in [0.25, 0.3) is 0 Å². The number of nitrogens with one attached hydrogen (secondary N) is 1. The molecule has 1 saturated carbocycles. The summed E-state index contributed by atoms with van der Waals surface area (Å²) in [6, 6.07) is 9.13. The fraction of sp³-hybridized carbons (Fsp3) is 0.389. The number of amides is 1. The maximum Gasteiger partial charge on any atom is 0.266 e. The lowest BCUT2D eigenvalue weighted by Gasteiger charge is -2.09. The van der Waals surface area contributed by atoms with Gasteiger partial charge in [-0.2, -0.15) is 5.10 Å². The molecule has 1 aliphatic rings. The van der Waals surface area contributed by atoms with Gasteiger partial charge in [0.1, 0.15) is 0 Å².